The topological polar surface area (TPSA) is 54.4 Å². The molecule has 0 aliphatic heterocycles. The Balaban J connectivity index is 4.68. The Morgan fingerprint density at radius 1 is 1.33 bits per heavy atom. The van der Waals surface area contributed by atoms with Crippen LogP contribution in [0.3, 0.4) is 0 Å². The van der Waals surface area contributed by atoms with E-state index >= 15 is 0 Å². The van der Waals surface area contributed by atoms with Gasteiger partial charge in [0.2, 0.25) is 11.8 Å². The van der Waals surface area contributed by atoms with Crippen LogP contribution >= 0.6 is 0 Å². The van der Waals surface area contributed by atoms with Gasteiger partial charge in [-0.1, -0.05) is 6.92 Å². The summed E-state index contributed by atoms with van der Waals surface area (Å²) in [5, 5.41) is 8.77. The van der Waals surface area contributed by atoms with Crippen molar-refractivity contribution in [2.75, 3.05) is 21.1 Å². The first kappa shape index (κ1) is 11.1. The summed E-state index contributed by atoms with van der Waals surface area (Å²) in [7, 11) is 5.10. The van der Waals surface area contributed by atoms with E-state index in [9.17, 15) is 9.59 Å². The summed E-state index contributed by atoms with van der Waals surface area (Å²) >= 11 is 0. The Hall–Kier alpha value is -0.900. The van der Waals surface area contributed by atoms with Gasteiger partial charge in [-0.25, -0.2) is 4.79 Å². The molecule has 0 aliphatic carbocycles. The second-order valence-electron chi connectivity index (χ2n) is 3.68. The fraction of sp³-hybridized carbons (Fsp3) is 0.750. The van der Waals surface area contributed by atoms with E-state index in [0.717, 1.165) is 0 Å². The van der Waals surface area contributed by atoms with Gasteiger partial charge in [-0.05, 0) is 0 Å². The van der Waals surface area contributed by atoms with E-state index in [1.54, 1.807) is 28.1 Å². The summed E-state index contributed by atoms with van der Waals surface area (Å²) in [5.74, 6) is -1.27. The molecule has 4 nitrogen and oxygen atoms in total. The van der Waals surface area contributed by atoms with Crippen molar-refractivity contribution in [1.29, 1.82) is 0 Å². The van der Waals surface area contributed by atoms with Crippen LogP contribution in [0.2, 0.25) is 0 Å². The number of hydrogen-bond donors (Lipinski definition) is 1. The van der Waals surface area contributed by atoms with Gasteiger partial charge in [0.15, 0.2) is 0 Å². The van der Waals surface area contributed by atoms with Gasteiger partial charge >= 0.3 is 5.97 Å². The Morgan fingerprint density at radius 3 is 1.83 bits per heavy atom. The fourth-order valence-electron chi connectivity index (χ4n) is 1.09. The van der Waals surface area contributed by atoms with Gasteiger partial charge < -0.3 is 9.59 Å². The zero-order chi connectivity index (χ0) is 9.94. The highest BCUT2D eigenvalue weighted by Gasteiger charge is 2.36. The van der Waals surface area contributed by atoms with Crippen LogP contribution in [0.4, 0.5) is 0 Å². The number of hydrogen-bond acceptors (Lipinski definition) is 2. The number of carboxylic acid groups (broad SMARTS) is 1. The second kappa shape index (κ2) is 3.67. The lowest BCUT2D eigenvalue weighted by Crippen LogP contribution is -2.54. The number of carboxylic acids is 1. The molecule has 1 N–H and O–H groups in total. The predicted octanol–water partition coefficient (Wildman–Crippen LogP) is 0.125. The average Bonchev–Trinajstić information content (AvgIpc) is 1.83. The van der Waals surface area contributed by atoms with E-state index in [4.69, 9.17) is 5.11 Å². The number of carbonyl (C=O) groups is 2. The quantitative estimate of drug-likeness (QED) is 0.486. The highest BCUT2D eigenvalue weighted by Crippen LogP contribution is 2.06. The molecule has 0 aromatic heterocycles. The minimum absolute atomic E-state index is 0.141. The Labute approximate surface area is 72.4 Å². The minimum atomic E-state index is -1.05. The third-order valence-corrected chi connectivity index (χ3v) is 1.66. The van der Waals surface area contributed by atoms with Crippen molar-refractivity contribution < 1.29 is 19.2 Å². The van der Waals surface area contributed by atoms with E-state index in [2.05, 4.69) is 0 Å². The Bertz CT molecular complexity index is 193. The minimum Gasteiger partial charge on any atom is -0.476 e. The fourth-order valence-corrected chi connectivity index (χ4v) is 1.09. The number of likely N-dealkylation sites (N-methyl/N-ethyl adjacent to an activating group) is 1. The molecule has 0 bridgehead atoms. The normalized spacial score (nSPS) is 14.0. The van der Waals surface area contributed by atoms with Crippen LogP contribution in [0.1, 0.15) is 13.3 Å². The molecule has 0 saturated carbocycles. The maximum absolute atomic E-state index is 11.2. The van der Waals surface area contributed by atoms with Gasteiger partial charge in [-0.15, -0.1) is 0 Å². The van der Waals surface area contributed by atoms with Gasteiger partial charge in [0, 0.05) is 6.42 Å². The summed E-state index contributed by atoms with van der Waals surface area (Å²) in [4.78, 5) is 21.9. The van der Waals surface area contributed by atoms with Crippen LogP contribution in [0, 0.1) is 0 Å². The number of carbonyl (C=O) groups excluding carboxylic acids is 1. The maximum Gasteiger partial charge on any atom is 0.370 e. The molecule has 0 aromatic carbocycles. The molecular formula is C8H16NO3+. The highest BCUT2D eigenvalue weighted by atomic mass is 16.4. The zero-order valence-electron chi connectivity index (χ0n) is 8.00. The van der Waals surface area contributed by atoms with Crippen LogP contribution in [0.15, 0.2) is 0 Å². The lowest BCUT2D eigenvalue weighted by atomic mass is 10.1. The molecule has 0 aliphatic rings. The lowest BCUT2D eigenvalue weighted by Gasteiger charge is -2.29. The van der Waals surface area contributed by atoms with Crippen molar-refractivity contribution >= 4 is 11.8 Å². The second-order valence-corrected chi connectivity index (χ2v) is 3.68. The SMILES string of the molecule is CCC(=O)C(C(=O)O)[N+](C)(C)C. The van der Waals surface area contributed by atoms with Gasteiger partial charge in [0.1, 0.15) is 0 Å². The molecule has 70 valence electrons. The van der Waals surface area contributed by atoms with Crippen LogP contribution in [-0.4, -0.2) is 48.5 Å². The third kappa shape index (κ3) is 2.62. The number of rotatable bonds is 4. The first-order chi connectivity index (χ1) is 5.30. The number of ketones is 1. The first-order valence-corrected chi connectivity index (χ1v) is 3.87. The molecule has 0 fully saturated rings. The van der Waals surface area contributed by atoms with Gasteiger partial charge in [-0.2, -0.15) is 0 Å². The van der Waals surface area contributed by atoms with Gasteiger partial charge in [0.25, 0.3) is 0 Å². The summed E-state index contributed by atoms with van der Waals surface area (Å²) in [6.07, 6.45) is 0.270. The zero-order valence-corrected chi connectivity index (χ0v) is 8.00. The molecule has 1 atom stereocenters. The number of Topliss-reactive ketones (excluding diaryl/α,β-unsaturated/α-hetero) is 1. The molecular weight excluding hydrogens is 158 g/mol. The summed E-state index contributed by atoms with van der Waals surface area (Å²) < 4.78 is 0.141. The largest absolute Gasteiger partial charge is 0.476 e. The number of nitrogens with zero attached hydrogens (tertiary/aromatic N) is 1. The first-order valence-electron chi connectivity index (χ1n) is 3.87. The number of aliphatic carboxylic acids is 1. The predicted molar refractivity (Wildman–Crippen MR) is 44.8 cm³/mol. The van der Waals surface area contributed by atoms with E-state index in [1.807, 2.05) is 0 Å². The van der Waals surface area contributed by atoms with Gasteiger partial charge in [-0.3, -0.25) is 4.79 Å². The van der Waals surface area contributed by atoms with Crippen LogP contribution in [0.25, 0.3) is 0 Å². The molecule has 0 heterocycles. The molecule has 1 unspecified atom stereocenters. The van der Waals surface area contributed by atoms with Crippen LogP contribution in [0.5, 0.6) is 0 Å². The standard InChI is InChI=1S/C8H15NO3/c1-5-6(10)7(8(11)12)9(2,3)4/h7H,5H2,1-4H3/p+1. The van der Waals surface area contributed by atoms with E-state index < -0.39 is 12.0 Å². The van der Waals surface area contributed by atoms with Crippen molar-refractivity contribution in [3.63, 3.8) is 0 Å². The average molecular weight is 174 g/mol. The van der Waals surface area contributed by atoms with Crippen LogP contribution < -0.4 is 0 Å². The number of quaternary nitrogens is 1. The van der Waals surface area contributed by atoms with Crippen molar-refractivity contribution in [3.05, 3.63) is 0 Å². The maximum atomic E-state index is 11.2. The molecule has 0 spiro atoms. The van der Waals surface area contributed by atoms with E-state index in [0.29, 0.717) is 0 Å². The molecule has 0 amide bonds. The summed E-state index contributed by atoms with van der Waals surface area (Å²) in [5.41, 5.74) is 0. The summed E-state index contributed by atoms with van der Waals surface area (Å²) in [6, 6.07) is -0.935. The van der Waals surface area contributed by atoms with E-state index in [-0.39, 0.29) is 16.7 Å². The molecule has 0 saturated heterocycles. The molecule has 0 rings (SSSR count). The molecule has 0 radical (unpaired) electrons. The van der Waals surface area contributed by atoms with E-state index in [1.165, 1.54) is 0 Å². The van der Waals surface area contributed by atoms with Crippen molar-refractivity contribution in [2.24, 2.45) is 0 Å². The van der Waals surface area contributed by atoms with Crippen LogP contribution in [-0.2, 0) is 9.59 Å². The smallest absolute Gasteiger partial charge is 0.370 e. The van der Waals surface area contributed by atoms with Crippen molar-refractivity contribution in [1.82, 2.24) is 0 Å². The van der Waals surface area contributed by atoms with Gasteiger partial charge in [0.05, 0.1) is 21.1 Å². The third-order valence-electron chi connectivity index (χ3n) is 1.66. The van der Waals surface area contributed by atoms with Crippen molar-refractivity contribution in [3.8, 4) is 0 Å². The molecule has 4 heteroatoms. The summed E-state index contributed by atoms with van der Waals surface area (Å²) in [6.45, 7) is 1.67. The lowest BCUT2D eigenvalue weighted by molar-refractivity contribution is -0.878. The Kier molecular flexibility index (Phi) is 3.39. The molecule has 12 heavy (non-hydrogen) atoms. The highest BCUT2D eigenvalue weighted by molar-refractivity contribution is 6.00. The monoisotopic (exact) mass is 174 g/mol. The Morgan fingerprint density at radius 2 is 1.75 bits per heavy atom. The molecule has 0 aromatic rings. The van der Waals surface area contributed by atoms with Crippen molar-refractivity contribution in [2.45, 2.75) is 19.4 Å².